The third-order valence-corrected chi connectivity index (χ3v) is 7.79. The van der Waals surface area contributed by atoms with Gasteiger partial charge in [-0.25, -0.2) is 8.91 Å². The normalized spacial score (nSPS) is 18.7. The Morgan fingerprint density at radius 1 is 1.15 bits per heavy atom. The van der Waals surface area contributed by atoms with Crippen LogP contribution in [-0.2, 0) is 9.53 Å². The van der Waals surface area contributed by atoms with Crippen LogP contribution in [0.1, 0.15) is 75.6 Å². The van der Waals surface area contributed by atoms with Crippen molar-refractivity contribution in [1.82, 2.24) is 24.4 Å². The van der Waals surface area contributed by atoms with Crippen LogP contribution in [0.25, 0.3) is 16.6 Å². The summed E-state index contributed by atoms with van der Waals surface area (Å²) in [5.41, 5.74) is 10.2. The van der Waals surface area contributed by atoms with E-state index < -0.39 is 18.0 Å². The summed E-state index contributed by atoms with van der Waals surface area (Å²) in [6.07, 6.45) is 8.86. The van der Waals surface area contributed by atoms with Crippen molar-refractivity contribution < 1.29 is 18.7 Å². The van der Waals surface area contributed by atoms with Gasteiger partial charge in [0.2, 0.25) is 0 Å². The first-order valence-corrected chi connectivity index (χ1v) is 13.9. The largest absolute Gasteiger partial charge is 0.482 e. The molecule has 0 aliphatic heterocycles. The molecular weight excluding hydrogens is 525 g/mol. The molecule has 1 aliphatic rings. The number of pyridine rings is 2. The molecule has 1 fully saturated rings. The van der Waals surface area contributed by atoms with Crippen molar-refractivity contribution in [3.05, 3.63) is 65.8 Å². The molecule has 1 saturated carbocycles. The molecule has 0 aromatic carbocycles. The number of nitrogens with zero attached hydrogens (tertiary/aromatic N) is 6. The summed E-state index contributed by atoms with van der Waals surface area (Å²) in [5, 5.41) is 18.8. The van der Waals surface area contributed by atoms with Gasteiger partial charge in [0.25, 0.3) is 0 Å². The molecule has 2 N–H and O–H groups in total. The fourth-order valence-electron chi connectivity index (χ4n) is 5.28. The predicted molar refractivity (Wildman–Crippen MR) is 149 cm³/mol. The first kappa shape index (κ1) is 28.2. The van der Waals surface area contributed by atoms with Gasteiger partial charge < -0.3 is 15.2 Å². The maximum Gasteiger partial charge on any atom is 0.323 e. The number of ether oxygens (including phenoxy) is 2. The van der Waals surface area contributed by atoms with Crippen LogP contribution in [0.3, 0.4) is 0 Å². The van der Waals surface area contributed by atoms with Gasteiger partial charge in [0.1, 0.15) is 47.0 Å². The number of carbonyl (C=O) groups excluding carboxylic acids is 1. The summed E-state index contributed by atoms with van der Waals surface area (Å²) >= 11 is 0. The minimum Gasteiger partial charge on any atom is -0.482 e. The van der Waals surface area contributed by atoms with Gasteiger partial charge in [-0.05, 0) is 63.6 Å². The third-order valence-electron chi connectivity index (χ3n) is 7.79. The van der Waals surface area contributed by atoms with Crippen LogP contribution >= 0.6 is 0 Å². The van der Waals surface area contributed by atoms with Crippen molar-refractivity contribution in [3.63, 3.8) is 0 Å². The van der Waals surface area contributed by atoms with Gasteiger partial charge >= 0.3 is 5.97 Å². The highest BCUT2D eigenvalue weighted by molar-refractivity contribution is 5.76. The fourth-order valence-corrected chi connectivity index (χ4v) is 5.28. The average Bonchev–Trinajstić information content (AvgIpc) is 3.56. The van der Waals surface area contributed by atoms with Crippen LogP contribution in [0.2, 0.25) is 0 Å². The van der Waals surface area contributed by atoms with Crippen LogP contribution in [0.15, 0.2) is 43.0 Å². The van der Waals surface area contributed by atoms with E-state index in [4.69, 9.17) is 20.3 Å². The molecule has 0 amide bonds. The Morgan fingerprint density at radius 3 is 2.56 bits per heavy atom. The van der Waals surface area contributed by atoms with Crippen LogP contribution in [0, 0.1) is 30.0 Å². The summed E-state index contributed by atoms with van der Waals surface area (Å²) in [6.45, 7) is 7.66. The number of nitrogens with two attached hydrogens (primary N) is 1. The minimum atomic E-state index is -0.608. The maximum atomic E-state index is 13.4. The molecule has 10 nitrogen and oxygen atoms in total. The fraction of sp³-hybridized carbons (Fsp3) is 0.433. The van der Waals surface area contributed by atoms with E-state index >= 15 is 0 Å². The number of carbonyl (C=O) groups is 1. The quantitative estimate of drug-likeness (QED) is 0.296. The topological polar surface area (TPSA) is 133 Å². The molecule has 4 aromatic rings. The maximum absolute atomic E-state index is 13.4. The molecule has 41 heavy (non-hydrogen) atoms. The van der Waals surface area contributed by atoms with Gasteiger partial charge in [0.15, 0.2) is 0 Å². The molecule has 4 heterocycles. The second-order valence-electron chi connectivity index (χ2n) is 10.9. The van der Waals surface area contributed by atoms with E-state index in [2.05, 4.69) is 16.2 Å². The number of halogens is 1. The Labute approximate surface area is 237 Å². The first-order valence-electron chi connectivity index (χ1n) is 13.9. The molecule has 0 bridgehead atoms. The lowest BCUT2D eigenvalue weighted by molar-refractivity contribution is -0.153. The Hall–Kier alpha value is -4.30. The van der Waals surface area contributed by atoms with Crippen molar-refractivity contribution in [2.24, 2.45) is 11.7 Å². The predicted octanol–water partition coefficient (Wildman–Crippen LogP) is 5.06. The second-order valence-corrected chi connectivity index (χ2v) is 10.9. The molecule has 2 atom stereocenters. The zero-order valence-corrected chi connectivity index (χ0v) is 23.6. The number of aromatic nitrogens is 5. The molecule has 0 unspecified atom stereocenters. The number of nitriles is 1. The zero-order chi connectivity index (χ0) is 29.3. The summed E-state index contributed by atoms with van der Waals surface area (Å²) in [7, 11) is 0. The number of rotatable bonds is 8. The molecule has 5 rings (SSSR count). The molecule has 1 aliphatic carbocycles. The summed E-state index contributed by atoms with van der Waals surface area (Å²) in [4.78, 5) is 16.4. The second kappa shape index (κ2) is 11.7. The standard InChI is InChI=1S/C30H34FN7O3/c1-17(2)28(33)30(39)41-24-8-6-23(7-9-24)38-18(3)25(15-36-38)20-11-27(29-21(12-32)13-35-37(29)16-20)40-19(4)26-10-5-22(31)14-34-26/h5,10-11,13-17,19,23-24,28H,6-9,33H2,1-4H3/t19-,23?,24?,28+/m1/s1. The van der Waals surface area contributed by atoms with Crippen molar-refractivity contribution in [1.29, 1.82) is 5.26 Å². The Morgan fingerprint density at radius 2 is 1.90 bits per heavy atom. The van der Waals surface area contributed by atoms with Crippen molar-refractivity contribution in [2.75, 3.05) is 0 Å². The van der Waals surface area contributed by atoms with Gasteiger partial charge in [-0.1, -0.05) is 13.8 Å². The van der Waals surface area contributed by atoms with Gasteiger partial charge in [-0.3, -0.25) is 14.5 Å². The molecule has 0 saturated heterocycles. The number of hydrogen-bond acceptors (Lipinski definition) is 8. The summed E-state index contributed by atoms with van der Waals surface area (Å²) in [5.74, 6) is -0.267. The highest BCUT2D eigenvalue weighted by Crippen LogP contribution is 2.36. The highest BCUT2D eigenvalue weighted by Gasteiger charge is 2.29. The number of fused-ring (bicyclic) bond motifs is 1. The smallest absolute Gasteiger partial charge is 0.323 e. The van der Waals surface area contributed by atoms with Crippen LogP contribution < -0.4 is 10.5 Å². The first-order chi connectivity index (χ1) is 19.7. The van der Waals surface area contributed by atoms with E-state index in [0.29, 0.717) is 22.5 Å². The molecule has 0 radical (unpaired) electrons. The van der Waals surface area contributed by atoms with Gasteiger partial charge in [0, 0.05) is 23.0 Å². The van der Waals surface area contributed by atoms with Crippen molar-refractivity contribution >= 4 is 11.5 Å². The van der Waals surface area contributed by atoms with Crippen molar-refractivity contribution in [2.45, 2.75) is 77.7 Å². The van der Waals surface area contributed by atoms with E-state index in [1.165, 1.54) is 12.3 Å². The van der Waals surface area contributed by atoms with Gasteiger partial charge in [-0.2, -0.15) is 15.5 Å². The van der Waals surface area contributed by atoms with Crippen LogP contribution in [0.5, 0.6) is 5.75 Å². The monoisotopic (exact) mass is 559 g/mol. The highest BCUT2D eigenvalue weighted by atomic mass is 19.1. The van der Waals surface area contributed by atoms with E-state index in [-0.39, 0.29) is 24.0 Å². The van der Waals surface area contributed by atoms with Crippen molar-refractivity contribution in [3.8, 4) is 22.9 Å². The van der Waals surface area contributed by atoms with E-state index in [0.717, 1.165) is 48.7 Å². The Balaban J connectivity index is 1.37. The minimum absolute atomic E-state index is 0.0325. The van der Waals surface area contributed by atoms with Gasteiger partial charge in [-0.15, -0.1) is 0 Å². The lowest BCUT2D eigenvalue weighted by Crippen LogP contribution is -2.39. The third kappa shape index (κ3) is 5.79. The van der Waals surface area contributed by atoms with Crippen LogP contribution in [-0.4, -0.2) is 42.5 Å². The number of hydrogen-bond donors (Lipinski definition) is 1. The van der Waals surface area contributed by atoms with E-state index in [9.17, 15) is 14.4 Å². The lowest BCUT2D eigenvalue weighted by Gasteiger charge is -2.30. The Bertz CT molecular complexity index is 1580. The molecular formula is C30H34FN7O3. The zero-order valence-electron chi connectivity index (χ0n) is 23.6. The van der Waals surface area contributed by atoms with Gasteiger partial charge in [0.05, 0.1) is 30.3 Å². The summed E-state index contributed by atoms with van der Waals surface area (Å²) in [6, 6.07) is 6.53. The molecule has 4 aromatic heterocycles. The Kier molecular flexibility index (Phi) is 8.03. The lowest BCUT2D eigenvalue weighted by atomic mass is 9.92. The molecule has 214 valence electrons. The number of esters is 1. The summed E-state index contributed by atoms with van der Waals surface area (Å²) < 4.78 is 29.0. The van der Waals surface area contributed by atoms with Crippen LogP contribution in [0.4, 0.5) is 4.39 Å². The molecule has 11 heteroatoms. The molecule has 0 spiro atoms. The average molecular weight is 560 g/mol. The van der Waals surface area contributed by atoms with E-state index in [1.54, 1.807) is 10.6 Å². The van der Waals surface area contributed by atoms with E-state index in [1.807, 2.05) is 50.8 Å². The SMILES string of the molecule is Cc1c(-c2cc(O[C@H](C)c3ccc(F)cn3)c3c(C#N)cnn3c2)cnn1C1CCC(OC(=O)[C@@H](N)C(C)C)CC1.